The van der Waals surface area contributed by atoms with E-state index in [0.29, 0.717) is 23.8 Å². The standard InChI is InChI=1S/C17H18ClN5O/c1-3-22-11-15(18)16(21-22)17(24)20-14-8-19-23(10-14)9-13-7-5-4-6-12(13)2/h4-8,10-11H,3,9H2,1-2H3,(H,20,24). The molecule has 2 aromatic heterocycles. The van der Waals surface area contributed by atoms with Gasteiger partial charge in [-0.3, -0.25) is 14.2 Å². The number of benzene rings is 1. The van der Waals surface area contributed by atoms with Crippen LogP contribution >= 0.6 is 11.6 Å². The van der Waals surface area contributed by atoms with E-state index in [1.807, 2.05) is 19.1 Å². The van der Waals surface area contributed by atoms with E-state index >= 15 is 0 Å². The van der Waals surface area contributed by atoms with E-state index in [1.165, 1.54) is 11.1 Å². The molecular formula is C17H18ClN5O. The van der Waals surface area contributed by atoms with Gasteiger partial charge < -0.3 is 5.32 Å². The Kier molecular flexibility index (Phi) is 4.66. The number of nitrogens with zero attached hydrogens (tertiary/aromatic N) is 4. The molecule has 7 heteroatoms. The minimum absolute atomic E-state index is 0.213. The van der Waals surface area contributed by atoms with Crippen molar-refractivity contribution in [2.45, 2.75) is 26.9 Å². The summed E-state index contributed by atoms with van der Waals surface area (Å²) < 4.78 is 3.41. The molecular weight excluding hydrogens is 326 g/mol. The molecule has 0 spiro atoms. The predicted octanol–water partition coefficient (Wildman–Crippen LogP) is 3.36. The smallest absolute Gasteiger partial charge is 0.277 e. The van der Waals surface area contributed by atoms with Crippen LogP contribution in [0.4, 0.5) is 5.69 Å². The van der Waals surface area contributed by atoms with E-state index in [4.69, 9.17) is 11.6 Å². The van der Waals surface area contributed by atoms with Gasteiger partial charge in [0.1, 0.15) is 0 Å². The highest BCUT2D eigenvalue weighted by Gasteiger charge is 2.16. The predicted molar refractivity (Wildman–Crippen MR) is 93.4 cm³/mol. The minimum Gasteiger partial charge on any atom is -0.318 e. The van der Waals surface area contributed by atoms with E-state index < -0.39 is 0 Å². The third-order valence-corrected chi connectivity index (χ3v) is 4.02. The van der Waals surface area contributed by atoms with Gasteiger partial charge in [0.15, 0.2) is 5.69 Å². The first-order chi connectivity index (χ1) is 11.6. The summed E-state index contributed by atoms with van der Waals surface area (Å²) in [7, 11) is 0. The van der Waals surface area contributed by atoms with Gasteiger partial charge in [0.05, 0.1) is 23.5 Å². The third-order valence-electron chi connectivity index (χ3n) is 3.74. The van der Waals surface area contributed by atoms with Crippen LogP contribution in [0.25, 0.3) is 0 Å². The quantitative estimate of drug-likeness (QED) is 0.772. The maximum absolute atomic E-state index is 12.3. The van der Waals surface area contributed by atoms with Gasteiger partial charge >= 0.3 is 0 Å². The molecule has 2 heterocycles. The van der Waals surface area contributed by atoms with Crippen molar-refractivity contribution in [3.05, 3.63) is 64.7 Å². The highest BCUT2D eigenvalue weighted by atomic mass is 35.5. The van der Waals surface area contributed by atoms with Crippen molar-refractivity contribution >= 4 is 23.2 Å². The molecule has 0 bridgehead atoms. The Morgan fingerprint density at radius 2 is 2.04 bits per heavy atom. The summed E-state index contributed by atoms with van der Waals surface area (Å²) in [5.74, 6) is -0.345. The van der Waals surface area contributed by atoms with Gasteiger partial charge in [-0.05, 0) is 25.0 Å². The first kappa shape index (κ1) is 16.3. The van der Waals surface area contributed by atoms with E-state index in [-0.39, 0.29) is 11.6 Å². The first-order valence-corrected chi connectivity index (χ1v) is 8.06. The number of carbonyl (C=O) groups is 1. The number of nitrogens with one attached hydrogen (secondary N) is 1. The zero-order valence-electron chi connectivity index (χ0n) is 13.5. The van der Waals surface area contributed by atoms with Gasteiger partial charge in [-0.25, -0.2) is 0 Å². The molecule has 3 aromatic rings. The number of aryl methyl sites for hydroxylation is 2. The Morgan fingerprint density at radius 1 is 1.25 bits per heavy atom. The van der Waals surface area contributed by atoms with Crippen LogP contribution in [0.2, 0.25) is 5.02 Å². The molecule has 0 atom stereocenters. The van der Waals surface area contributed by atoms with E-state index in [0.717, 1.165) is 0 Å². The summed E-state index contributed by atoms with van der Waals surface area (Å²) in [5, 5.41) is 11.6. The Morgan fingerprint density at radius 3 is 2.75 bits per heavy atom. The molecule has 0 radical (unpaired) electrons. The minimum atomic E-state index is -0.345. The molecule has 6 nitrogen and oxygen atoms in total. The number of rotatable bonds is 5. The van der Waals surface area contributed by atoms with Crippen molar-refractivity contribution in [2.75, 3.05) is 5.32 Å². The van der Waals surface area contributed by atoms with E-state index in [1.54, 1.807) is 28.0 Å². The van der Waals surface area contributed by atoms with Crippen molar-refractivity contribution in [1.82, 2.24) is 19.6 Å². The van der Waals surface area contributed by atoms with Crippen LogP contribution in [0.5, 0.6) is 0 Å². The normalized spacial score (nSPS) is 10.8. The molecule has 1 N–H and O–H groups in total. The topological polar surface area (TPSA) is 64.7 Å². The van der Waals surface area contributed by atoms with Crippen LogP contribution in [-0.4, -0.2) is 25.5 Å². The summed E-state index contributed by atoms with van der Waals surface area (Å²) in [6.45, 7) is 5.29. The molecule has 0 fully saturated rings. The van der Waals surface area contributed by atoms with Gasteiger partial charge in [0, 0.05) is 18.9 Å². The number of hydrogen-bond donors (Lipinski definition) is 1. The molecule has 0 aliphatic heterocycles. The molecule has 1 amide bonds. The average Bonchev–Trinajstić information content (AvgIpc) is 3.16. The van der Waals surface area contributed by atoms with Gasteiger partial charge in [0.25, 0.3) is 5.91 Å². The van der Waals surface area contributed by atoms with Crippen LogP contribution in [0, 0.1) is 6.92 Å². The molecule has 0 aliphatic rings. The monoisotopic (exact) mass is 343 g/mol. The second-order valence-electron chi connectivity index (χ2n) is 5.49. The SMILES string of the molecule is CCn1cc(Cl)c(C(=O)Nc2cnn(Cc3ccccc3C)c2)n1. The summed E-state index contributed by atoms with van der Waals surface area (Å²) >= 11 is 6.05. The molecule has 1 aromatic carbocycles. The molecule has 0 saturated carbocycles. The Balaban J connectivity index is 1.70. The van der Waals surface area contributed by atoms with Crippen LogP contribution in [-0.2, 0) is 13.1 Å². The number of amides is 1. The number of hydrogen-bond acceptors (Lipinski definition) is 3. The van der Waals surface area contributed by atoms with Crippen molar-refractivity contribution in [3.8, 4) is 0 Å². The molecule has 0 aliphatic carbocycles. The summed E-state index contributed by atoms with van der Waals surface area (Å²) in [5.41, 5.74) is 3.21. The Bertz CT molecular complexity index is 868. The highest BCUT2D eigenvalue weighted by molar-refractivity contribution is 6.34. The van der Waals surface area contributed by atoms with E-state index in [2.05, 4.69) is 34.6 Å². The first-order valence-electron chi connectivity index (χ1n) is 7.68. The lowest BCUT2D eigenvalue weighted by Gasteiger charge is -2.05. The number of carbonyl (C=O) groups excluding carboxylic acids is 1. The molecule has 0 unspecified atom stereocenters. The second kappa shape index (κ2) is 6.88. The van der Waals surface area contributed by atoms with Crippen LogP contribution in [0.15, 0.2) is 42.9 Å². The van der Waals surface area contributed by atoms with Crippen LogP contribution in [0.3, 0.4) is 0 Å². The maximum atomic E-state index is 12.3. The second-order valence-corrected chi connectivity index (χ2v) is 5.90. The van der Waals surface area contributed by atoms with Crippen molar-refractivity contribution in [3.63, 3.8) is 0 Å². The fourth-order valence-electron chi connectivity index (χ4n) is 2.38. The highest BCUT2D eigenvalue weighted by Crippen LogP contribution is 2.16. The maximum Gasteiger partial charge on any atom is 0.277 e. The van der Waals surface area contributed by atoms with Gasteiger partial charge in [-0.1, -0.05) is 35.9 Å². The van der Waals surface area contributed by atoms with Gasteiger partial charge in [-0.15, -0.1) is 0 Å². The van der Waals surface area contributed by atoms with Crippen molar-refractivity contribution < 1.29 is 4.79 Å². The molecule has 124 valence electrons. The lowest BCUT2D eigenvalue weighted by atomic mass is 10.1. The lowest BCUT2D eigenvalue weighted by molar-refractivity contribution is 0.102. The van der Waals surface area contributed by atoms with Crippen LogP contribution < -0.4 is 5.32 Å². The fourth-order valence-corrected chi connectivity index (χ4v) is 2.62. The number of anilines is 1. The van der Waals surface area contributed by atoms with Gasteiger partial charge in [0.2, 0.25) is 0 Å². The molecule has 0 saturated heterocycles. The van der Waals surface area contributed by atoms with Crippen molar-refractivity contribution in [1.29, 1.82) is 0 Å². The third kappa shape index (κ3) is 3.49. The summed E-state index contributed by atoms with van der Waals surface area (Å²) in [4.78, 5) is 12.3. The number of halogens is 1. The Labute approximate surface area is 145 Å². The molecule has 24 heavy (non-hydrogen) atoms. The largest absolute Gasteiger partial charge is 0.318 e. The Hall–Kier alpha value is -2.60. The fraction of sp³-hybridized carbons (Fsp3) is 0.235. The van der Waals surface area contributed by atoms with Crippen LogP contribution in [0.1, 0.15) is 28.5 Å². The molecule has 3 rings (SSSR count). The van der Waals surface area contributed by atoms with E-state index in [9.17, 15) is 4.79 Å². The number of aromatic nitrogens is 4. The van der Waals surface area contributed by atoms with Gasteiger partial charge in [-0.2, -0.15) is 10.2 Å². The summed E-state index contributed by atoms with van der Waals surface area (Å²) in [6.07, 6.45) is 5.04. The average molecular weight is 344 g/mol. The zero-order valence-corrected chi connectivity index (χ0v) is 14.3. The lowest BCUT2D eigenvalue weighted by Crippen LogP contribution is -2.13. The summed E-state index contributed by atoms with van der Waals surface area (Å²) in [6, 6.07) is 8.13. The van der Waals surface area contributed by atoms with Crippen molar-refractivity contribution in [2.24, 2.45) is 0 Å². The zero-order chi connectivity index (χ0) is 17.1.